The number of rotatable bonds is 6. The summed E-state index contributed by atoms with van der Waals surface area (Å²) in [6, 6.07) is 5.28. The molecule has 0 saturated heterocycles. The van der Waals surface area contributed by atoms with Gasteiger partial charge in [-0.25, -0.2) is 4.39 Å². The Kier molecular flexibility index (Phi) is 5.46. The molecule has 0 amide bonds. The van der Waals surface area contributed by atoms with Crippen LogP contribution >= 0.6 is 27.5 Å². The smallest absolute Gasteiger partial charge is 0.123 e. The van der Waals surface area contributed by atoms with E-state index in [1.54, 1.807) is 12.1 Å². The average Bonchev–Trinajstić information content (AvgIpc) is 2.28. The van der Waals surface area contributed by atoms with E-state index in [0.717, 1.165) is 30.4 Å². The van der Waals surface area contributed by atoms with Crippen LogP contribution in [-0.4, -0.2) is 22.8 Å². The number of hydrogen-bond donors (Lipinski definition) is 0. The maximum Gasteiger partial charge on any atom is 0.123 e. The van der Waals surface area contributed by atoms with Gasteiger partial charge in [0.2, 0.25) is 0 Å². The summed E-state index contributed by atoms with van der Waals surface area (Å²) in [7, 11) is 0. The van der Waals surface area contributed by atoms with Crippen molar-refractivity contribution in [3.8, 4) is 0 Å². The first-order chi connectivity index (χ1) is 8.70. The van der Waals surface area contributed by atoms with Gasteiger partial charge in [-0.15, -0.1) is 0 Å². The van der Waals surface area contributed by atoms with E-state index in [9.17, 15) is 4.39 Å². The summed E-state index contributed by atoms with van der Waals surface area (Å²) in [4.78, 5) is 2.44. The molecule has 1 nitrogen and oxygen atoms in total. The number of alkyl halides is 1. The van der Waals surface area contributed by atoms with Crippen LogP contribution in [0, 0.1) is 5.82 Å². The van der Waals surface area contributed by atoms with Crippen LogP contribution in [-0.2, 0) is 6.54 Å². The number of hydrogen-bond acceptors (Lipinski definition) is 1. The minimum atomic E-state index is -0.205. The lowest BCUT2D eigenvalue weighted by atomic mass is 9.91. The molecule has 2 rings (SSSR count). The zero-order valence-electron chi connectivity index (χ0n) is 10.3. The van der Waals surface area contributed by atoms with Gasteiger partial charge in [-0.3, -0.25) is 4.90 Å². The van der Waals surface area contributed by atoms with Crippen molar-refractivity contribution in [2.24, 2.45) is 0 Å². The van der Waals surface area contributed by atoms with Crippen molar-refractivity contribution in [2.45, 2.75) is 38.3 Å². The van der Waals surface area contributed by atoms with Crippen molar-refractivity contribution in [2.75, 3.05) is 11.9 Å². The van der Waals surface area contributed by atoms with Gasteiger partial charge in [-0.1, -0.05) is 34.0 Å². The Morgan fingerprint density at radius 2 is 2.17 bits per heavy atom. The van der Waals surface area contributed by atoms with E-state index in [0.29, 0.717) is 11.1 Å². The topological polar surface area (TPSA) is 3.24 Å². The summed E-state index contributed by atoms with van der Waals surface area (Å²) in [6.45, 7) is 1.80. The SMILES string of the molecule is Fc1ccc(Cl)c(CN(CCCBr)C2CCC2)c1. The summed E-state index contributed by atoms with van der Waals surface area (Å²) in [5.41, 5.74) is 0.901. The van der Waals surface area contributed by atoms with Crippen LogP contribution in [0.4, 0.5) is 4.39 Å². The Bertz CT molecular complexity index is 395. The fourth-order valence-corrected chi connectivity index (χ4v) is 2.72. The molecule has 1 fully saturated rings. The van der Waals surface area contributed by atoms with Crippen molar-refractivity contribution in [1.29, 1.82) is 0 Å². The maximum absolute atomic E-state index is 13.3. The standard InChI is InChI=1S/C14H18BrClFN/c15-7-2-8-18(13-3-1-4-13)10-11-9-12(17)5-6-14(11)16/h5-6,9,13H,1-4,7-8,10H2. The molecule has 0 aliphatic heterocycles. The third-order valence-electron chi connectivity index (χ3n) is 3.55. The third-order valence-corrected chi connectivity index (χ3v) is 4.48. The largest absolute Gasteiger partial charge is 0.296 e. The van der Waals surface area contributed by atoms with Crippen LogP contribution in [0.15, 0.2) is 18.2 Å². The Hall–Kier alpha value is -0.120. The molecule has 0 aromatic heterocycles. The van der Waals surface area contributed by atoms with Gasteiger partial charge in [0.15, 0.2) is 0 Å². The Balaban J connectivity index is 2.04. The Morgan fingerprint density at radius 3 is 2.78 bits per heavy atom. The monoisotopic (exact) mass is 333 g/mol. The highest BCUT2D eigenvalue weighted by Gasteiger charge is 2.25. The van der Waals surface area contributed by atoms with Crippen molar-refractivity contribution in [3.63, 3.8) is 0 Å². The first-order valence-corrected chi connectivity index (χ1v) is 7.94. The molecule has 0 spiro atoms. The first-order valence-electron chi connectivity index (χ1n) is 6.44. The second-order valence-electron chi connectivity index (χ2n) is 4.83. The van der Waals surface area contributed by atoms with Gasteiger partial charge in [0.05, 0.1) is 0 Å². The fraction of sp³-hybridized carbons (Fsp3) is 0.571. The first kappa shape index (κ1) is 14.3. The lowest BCUT2D eigenvalue weighted by molar-refractivity contribution is 0.120. The normalized spacial score (nSPS) is 16.0. The quantitative estimate of drug-likeness (QED) is 0.686. The Morgan fingerprint density at radius 1 is 1.39 bits per heavy atom. The molecular weight excluding hydrogens is 317 g/mol. The minimum absolute atomic E-state index is 0.205. The highest BCUT2D eigenvalue weighted by molar-refractivity contribution is 9.09. The molecule has 4 heteroatoms. The van der Waals surface area contributed by atoms with E-state index in [1.165, 1.54) is 25.3 Å². The lowest BCUT2D eigenvalue weighted by Crippen LogP contribution is -2.40. The maximum atomic E-state index is 13.3. The Labute approximate surface area is 121 Å². The van der Waals surface area contributed by atoms with Crippen LogP contribution in [0.5, 0.6) is 0 Å². The molecule has 1 aromatic carbocycles. The summed E-state index contributed by atoms with van der Waals surface area (Å²) in [6.07, 6.45) is 4.94. The number of benzene rings is 1. The predicted octanol–water partition coefficient (Wildman–Crippen LogP) is 4.62. The zero-order valence-corrected chi connectivity index (χ0v) is 12.7. The lowest BCUT2D eigenvalue weighted by Gasteiger charge is -2.37. The van der Waals surface area contributed by atoms with E-state index in [2.05, 4.69) is 20.8 Å². The molecular formula is C14H18BrClFN. The molecule has 0 bridgehead atoms. The van der Waals surface area contributed by atoms with Gasteiger partial charge in [-0.05, 0) is 49.6 Å². The van der Waals surface area contributed by atoms with E-state index >= 15 is 0 Å². The molecule has 1 saturated carbocycles. The molecule has 0 unspecified atom stereocenters. The predicted molar refractivity (Wildman–Crippen MR) is 77.9 cm³/mol. The van der Waals surface area contributed by atoms with Crippen LogP contribution < -0.4 is 0 Å². The van der Waals surface area contributed by atoms with Gasteiger partial charge in [0, 0.05) is 22.9 Å². The average molecular weight is 335 g/mol. The summed E-state index contributed by atoms with van der Waals surface area (Å²) < 4.78 is 13.3. The van der Waals surface area contributed by atoms with Crippen LogP contribution in [0.2, 0.25) is 5.02 Å². The molecule has 100 valence electrons. The van der Waals surface area contributed by atoms with Crippen molar-refractivity contribution < 1.29 is 4.39 Å². The zero-order chi connectivity index (χ0) is 13.0. The molecule has 1 aromatic rings. The third kappa shape index (κ3) is 3.69. The van der Waals surface area contributed by atoms with Gasteiger partial charge < -0.3 is 0 Å². The highest BCUT2D eigenvalue weighted by atomic mass is 79.9. The van der Waals surface area contributed by atoms with Crippen LogP contribution in [0.1, 0.15) is 31.2 Å². The second-order valence-corrected chi connectivity index (χ2v) is 6.03. The second kappa shape index (κ2) is 6.88. The number of nitrogens with zero attached hydrogens (tertiary/aromatic N) is 1. The summed E-state index contributed by atoms with van der Waals surface area (Å²) in [5, 5.41) is 1.67. The van der Waals surface area contributed by atoms with Crippen LogP contribution in [0.3, 0.4) is 0 Å². The van der Waals surface area contributed by atoms with E-state index in [1.807, 2.05) is 0 Å². The van der Waals surface area contributed by atoms with E-state index in [-0.39, 0.29) is 5.82 Å². The van der Waals surface area contributed by atoms with Gasteiger partial charge in [-0.2, -0.15) is 0 Å². The molecule has 0 radical (unpaired) electrons. The molecule has 0 N–H and O–H groups in total. The molecule has 18 heavy (non-hydrogen) atoms. The molecule has 1 aliphatic rings. The van der Waals surface area contributed by atoms with E-state index < -0.39 is 0 Å². The molecule has 1 aliphatic carbocycles. The van der Waals surface area contributed by atoms with Crippen molar-refractivity contribution in [3.05, 3.63) is 34.6 Å². The number of halogens is 3. The highest BCUT2D eigenvalue weighted by Crippen LogP contribution is 2.28. The summed E-state index contributed by atoms with van der Waals surface area (Å²) in [5.74, 6) is -0.205. The van der Waals surface area contributed by atoms with Gasteiger partial charge in [0.1, 0.15) is 5.82 Å². The molecule has 0 heterocycles. The van der Waals surface area contributed by atoms with Crippen molar-refractivity contribution in [1.82, 2.24) is 4.90 Å². The van der Waals surface area contributed by atoms with Crippen LogP contribution in [0.25, 0.3) is 0 Å². The van der Waals surface area contributed by atoms with Gasteiger partial charge in [0.25, 0.3) is 0 Å². The van der Waals surface area contributed by atoms with Gasteiger partial charge >= 0.3 is 0 Å². The summed E-state index contributed by atoms with van der Waals surface area (Å²) >= 11 is 9.60. The minimum Gasteiger partial charge on any atom is -0.296 e. The van der Waals surface area contributed by atoms with Crippen molar-refractivity contribution >= 4 is 27.5 Å². The molecule has 0 atom stereocenters. The van der Waals surface area contributed by atoms with E-state index in [4.69, 9.17) is 11.6 Å². The fourth-order valence-electron chi connectivity index (χ4n) is 2.29.